The highest BCUT2D eigenvalue weighted by atomic mass is 16.2. The van der Waals surface area contributed by atoms with Gasteiger partial charge < -0.3 is 15.1 Å². The molecule has 1 aromatic heterocycles. The minimum Gasteiger partial charge on any atom is -0.355 e. The molecule has 3 aromatic rings. The summed E-state index contributed by atoms with van der Waals surface area (Å²) in [6, 6.07) is 21.2. The van der Waals surface area contributed by atoms with Crippen molar-refractivity contribution in [3.05, 3.63) is 102 Å². The van der Waals surface area contributed by atoms with E-state index in [0.29, 0.717) is 31.5 Å². The number of piperidine rings is 1. The highest BCUT2D eigenvalue weighted by Crippen LogP contribution is 2.37. The first-order valence-electron chi connectivity index (χ1n) is 9.71. The Hall–Kier alpha value is -3.65. The van der Waals surface area contributed by atoms with Gasteiger partial charge in [-0.2, -0.15) is 0 Å². The maximum absolute atomic E-state index is 12.9. The van der Waals surface area contributed by atoms with Gasteiger partial charge in [0.2, 0.25) is 0 Å². The van der Waals surface area contributed by atoms with E-state index >= 15 is 0 Å². The predicted octanol–water partition coefficient (Wildman–Crippen LogP) is 4.88. The Bertz CT molecular complexity index is 1000. The van der Waals surface area contributed by atoms with E-state index in [-0.39, 0.29) is 5.91 Å². The van der Waals surface area contributed by atoms with E-state index in [1.807, 2.05) is 71.6 Å². The lowest BCUT2D eigenvalue weighted by Gasteiger charge is -2.34. The van der Waals surface area contributed by atoms with Gasteiger partial charge in [-0.15, -0.1) is 0 Å². The molecule has 5 nitrogen and oxygen atoms in total. The summed E-state index contributed by atoms with van der Waals surface area (Å²) in [5, 5.41) is 3.29. The summed E-state index contributed by atoms with van der Waals surface area (Å²) in [5.74, 6) is 0.0205. The largest absolute Gasteiger partial charge is 0.355 e. The molecule has 0 bridgehead atoms. The van der Waals surface area contributed by atoms with Crippen molar-refractivity contribution >= 4 is 17.3 Å². The van der Waals surface area contributed by atoms with Gasteiger partial charge in [0, 0.05) is 60.8 Å². The zero-order chi connectivity index (χ0) is 20.1. The van der Waals surface area contributed by atoms with Crippen LogP contribution >= 0.6 is 0 Å². The molecule has 0 spiro atoms. The Morgan fingerprint density at radius 3 is 2.17 bits per heavy atom. The average Bonchev–Trinajstić information content (AvgIpc) is 2.80. The van der Waals surface area contributed by atoms with Gasteiger partial charge in [0.05, 0.1) is 0 Å². The van der Waals surface area contributed by atoms with E-state index in [1.165, 1.54) is 0 Å². The fourth-order valence-electron chi connectivity index (χ4n) is 3.77. The highest BCUT2D eigenvalue weighted by Gasteiger charge is 2.43. The predicted molar refractivity (Wildman–Crippen MR) is 114 cm³/mol. The van der Waals surface area contributed by atoms with Crippen LogP contribution in [0.4, 0.5) is 11.4 Å². The second-order valence-corrected chi connectivity index (χ2v) is 7.24. The number of amides is 1. The van der Waals surface area contributed by atoms with Gasteiger partial charge in [-0.3, -0.25) is 9.78 Å². The first kappa shape index (κ1) is 18.7. The number of benzene rings is 2. The molecule has 2 aromatic carbocycles. The molecule has 1 aliphatic rings. The fraction of sp³-hybridized carbons (Fsp3) is 0.208. The van der Waals surface area contributed by atoms with Gasteiger partial charge in [-0.1, -0.05) is 30.3 Å². The maximum atomic E-state index is 12.9. The lowest BCUT2D eigenvalue weighted by Crippen LogP contribution is -2.43. The number of pyridine rings is 1. The van der Waals surface area contributed by atoms with Crippen LogP contribution < -0.4 is 5.32 Å². The summed E-state index contributed by atoms with van der Waals surface area (Å²) in [4.78, 5) is 22.8. The van der Waals surface area contributed by atoms with Crippen molar-refractivity contribution in [3.63, 3.8) is 0 Å². The Morgan fingerprint density at radius 1 is 0.931 bits per heavy atom. The molecule has 1 saturated heterocycles. The van der Waals surface area contributed by atoms with Crippen molar-refractivity contribution in [3.8, 4) is 0 Å². The summed E-state index contributed by atoms with van der Waals surface area (Å²) in [7, 11) is 0. The number of nitrogens with one attached hydrogen (secondary N) is 1. The number of carbonyl (C=O) groups excluding carboxylic acids is 1. The van der Waals surface area contributed by atoms with Crippen molar-refractivity contribution in [2.45, 2.75) is 18.4 Å². The number of carbonyl (C=O) groups is 1. The molecule has 1 N–H and O–H groups in total. The van der Waals surface area contributed by atoms with E-state index in [2.05, 4.69) is 15.1 Å². The molecule has 5 heteroatoms. The van der Waals surface area contributed by atoms with Crippen molar-refractivity contribution in [2.75, 3.05) is 18.4 Å². The molecular formula is C24H22N4O. The summed E-state index contributed by atoms with van der Waals surface area (Å²) in [5.41, 5.74) is 3.07. The van der Waals surface area contributed by atoms with Crippen LogP contribution in [0, 0.1) is 6.57 Å². The minimum absolute atomic E-state index is 0.0205. The molecule has 4 rings (SSSR count). The van der Waals surface area contributed by atoms with Crippen LogP contribution in [0.3, 0.4) is 0 Å². The number of likely N-dealkylation sites (tertiary alicyclic amines) is 1. The zero-order valence-corrected chi connectivity index (χ0v) is 16.1. The Labute approximate surface area is 170 Å². The summed E-state index contributed by atoms with van der Waals surface area (Å²) in [6.45, 7) is 8.93. The van der Waals surface area contributed by atoms with Crippen LogP contribution in [0.2, 0.25) is 0 Å². The first-order chi connectivity index (χ1) is 14.2. The normalized spacial score (nSPS) is 15.3. The number of hydrogen-bond donors (Lipinski definition) is 1. The van der Waals surface area contributed by atoms with Gasteiger partial charge >= 0.3 is 0 Å². The number of hydrogen-bond acceptors (Lipinski definition) is 3. The molecule has 2 heterocycles. The molecule has 144 valence electrons. The fourth-order valence-corrected chi connectivity index (χ4v) is 3.77. The van der Waals surface area contributed by atoms with Gasteiger partial charge in [0.15, 0.2) is 0 Å². The third-order valence-electron chi connectivity index (χ3n) is 5.50. The van der Waals surface area contributed by atoms with Crippen molar-refractivity contribution in [1.29, 1.82) is 0 Å². The second kappa shape index (κ2) is 8.15. The average molecular weight is 382 g/mol. The van der Waals surface area contributed by atoms with Gasteiger partial charge in [-0.05, 0) is 36.4 Å². The second-order valence-electron chi connectivity index (χ2n) is 7.24. The van der Waals surface area contributed by atoms with E-state index in [1.54, 1.807) is 12.4 Å². The van der Waals surface area contributed by atoms with Gasteiger partial charge in [0.25, 0.3) is 11.4 Å². The van der Waals surface area contributed by atoms with Gasteiger partial charge in [-0.25, -0.2) is 6.57 Å². The van der Waals surface area contributed by atoms with E-state index in [0.717, 1.165) is 16.9 Å². The minimum atomic E-state index is -0.518. The van der Waals surface area contributed by atoms with Crippen LogP contribution in [-0.2, 0) is 5.54 Å². The number of aromatic nitrogens is 1. The van der Waals surface area contributed by atoms with E-state index < -0.39 is 5.54 Å². The Balaban J connectivity index is 1.41. The van der Waals surface area contributed by atoms with E-state index in [4.69, 9.17) is 6.57 Å². The lowest BCUT2D eigenvalue weighted by atomic mass is 9.81. The topological polar surface area (TPSA) is 49.6 Å². The van der Waals surface area contributed by atoms with Crippen LogP contribution in [0.25, 0.3) is 4.85 Å². The summed E-state index contributed by atoms with van der Waals surface area (Å²) >= 11 is 0. The molecule has 1 fully saturated rings. The number of anilines is 2. The molecule has 29 heavy (non-hydrogen) atoms. The molecule has 1 amide bonds. The molecule has 0 aliphatic carbocycles. The molecule has 1 aliphatic heterocycles. The SMILES string of the molecule is [C-]#[N+]C1(c2ccccc2)CCN(C(=O)c2ccc(Nc3ccncc3)cc2)CC1. The van der Waals surface area contributed by atoms with Crippen molar-refractivity contribution < 1.29 is 4.79 Å². The quantitative estimate of drug-likeness (QED) is 0.655. The Morgan fingerprint density at radius 2 is 1.55 bits per heavy atom. The monoisotopic (exact) mass is 382 g/mol. The Kier molecular flexibility index (Phi) is 5.26. The standard InChI is InChI=1S/C24H22N4O/c1-25-24(20-5-3-2-4-6-20)13-17-28(18-14-24)23(29)19-7-9-21(10-8-19)27-22-11-15-26-16-12-22/h2-12,15-16H,13-14,17-18H2,(H,26,27). The van der Waals surface area contributed by atoms with Crippen molar-refractivity contribution in [1.82, 2.24) is 9.88 Å². The number of rotatable bonds is 4. The summed E-state index contributed by atoms with van der Waals surface area (Å²) < 4.78 is 0. The van der Waals surface area contributed by atoms with Crippen LogP contribution in [-0.4, -0.2) is 28.9 Å². The highest BCUT2D eigenvalue weighted by molar-refractivity contribution is 5.94. The molecular weight excluding hydrogens is 360 g/mol. The smallest absolute Gasteiger partial charge is 0.260 e. The van der Waals surface area contributed by atoms with E-state index in [9.17, 15) is 4.79 Å². The lowest BCUT2D eigenvalue weighted by molar-refractivity contribution is 0.0688. The third-order valence-corrected chi connectivity index (χ3v) is 5.50. The summed E-state index contributed by atoms with van der Waals surface area (Å²) in [6.07, 6.45) is 4.78. The first-order valence-corrected chi connectivity index (χ1v) is 9.71. The van der Waals surface area contributed by atoms with Crippen LogP contribution in [0.5, 0.6) is 0 Å². The van der Waals surface area contributed by atoms with Crippen LogP contribution in [0.15, 0.2) is 79.1 Å². The third kappa shape index (κ3) is 3.97. The van der Waals surface area contributed by atoms with Crippen molar-refractivity contribution in [2.24, 2.45) is 0 Å². The molecule has 0 saturated carbocycles. The van der Waals surface area contributed by atoms with Crippen LogP contribution in [0.1, 0.15) is 28.8 Å². The molecule has 0 atom stereocenters. The number of nitrogens with zero attached hydrogens (tertiary/aromatic N) is 3. The van der Waals surface area contributed by atoms with Gasteiger partial charge in [0.1, 0.15) is 0 Å². The molecule has 0 radical (unpaired) electrons. The maximum Gasteiger partial charge on any atom is 0.260 e. The zero-order valence-electron chi connectivity index (χ0n) is 16.1. The molecule has 0 unspecified atom stereocenters.